The van der Waals surface area contributed by atoms with Gasteiger partial charge in [0, 0.05) is 23.4 Å². The number of hydrogen-bond donors (Lipinski definition) is 2. The summed E-state index contributed by atoms with van der Waals surface area (Å²) < 4.78 is 6.22. The number of ether oxygens (including phenoxy) is 1. The van der Waals surface area contributed by atoms with Crippen LogP contribution in [0.15, 0.2) is 30.3 Å². The number of nitrogens with one attached hydrogen (secondary N) is 2. The molecule has 2 aromatic rings. The molecule has 25 heavy (non-hydrogen) atoms. The van der Waals surface area contributed by atoms with Crippen molar-refractivity contribution in [3.05, 3.63) is 47.3 Å². The largest absolute Gasteiger partial charge is 0.487 e. The number of benzene rings is 1. The van der Waals surface area contributed by atoms with Crippen LogP contribution in [0, 0.1) is 13.8 Å². The predicted octanol–water partition coefficient (Wildman–Crippen LogP) is 3.66. The van der Waals surface area contributed by atoms with E-state index >= 15 is 0 Å². The second-order valence-corrected chi connectivity index (χ2v) is 7.01. The Morgan fingerprint density at radius 3 is 2.60 bits per heavy atom. The van der Waals surface area contributed by atoms with Crippen LogP contribution < -0.4 is 15.4 Å². The maximum Gasteiger partial charge on any atom is 0.322 e. The van der Waals surface area contributed by atoms with Gasteiger partial charge in [0.2, 0.25) is 5.95 Å². The zero-order valence-electron chi connectivity index (χ0n) is 14.5. The smallest absolute Gasteiger partial charge is 0.322 e. The molecule has 1 aromatic carbocycles. The average molecular weight is 338 g/mol. The molecule has 2 aliphatic rings. The van der Waals surface area contributed by atoms with E-state index in [9.17, 15) is 4.79 Å². The summed E-state index contributed by atoms with van der Waals surface area (Å²) in [6.07, 6.45) is 4.06. The van der Waals surface area contributed by atoms with E-state index in [1.807, 2.05) is 44.2 Å². The fraction of sp³-hybridized carbons (Fsp3) is 0.421. The first-order valence-corrected chi connectivity index (χ1v) is 8.71. The van der Waals surface area contributed by atoms with Crippen molar-refractivity contribution in [3.8, 4) is 5.75 Å². The molecule has 2 N–H and O–H groups in total. The second-order valence-electron chi connectivity index (χ2n) is 7.01. The van der Waals surface area contributed by atoms with Gasteiger partial charge in [0.1, 0.15) is 11.4 Å². The van der Waals surface area contributed by atoms with Crippen LogP contribution in [-0.2, 0) is 0 Å². The number of carbonyl (C=O) groups excluding carboxylic acids is 1. The third kappa shape index (κ3) is 3.16. The summed E-state index contributed by atoms with van der Waals surface area (Å²) in [4.78, 5) is 21.0. The molecule has 1 aliphatic heterocycles. The topological polar surface area (TPSA) is 76.1 Å². The van der Waals surface area contributed by atoms with E-state index in [0.29, 0.717) is 5.95 Å². The molecule has 1 aliphatic carbocycles. The summed E-state index contributed by atoms with van der Waals surface area (Å²) in [5, 5.41) is 5.83. The molecule has 6 heteroatoms. The first-order valence-electron chi connectivity index (χ1n) is 8.71. The second kappa shape index (κ2) is 6.02. The Bertz CT molecular complexity index is 797. The van der Waals surface area contributed by atoms with E-state index in [2.05, 4.69) is 20.6 Å². The molecule has 1 atom stereocenters. The summed E-state index contributed by atoms with van der Waals surface area (Å²) in [6.45, 7) is 3.76. The summed E-state index contributed by atoms with van der Waals surface area (Å²) in [5.41, 5.74) is 2.56. The minimum Gasteiger partial charge on any atom is -0.487 e. The molecule has 130 valence electrons. The molecule has 0 saturated heterocycles. The monoisotopic (exact) mass is 338 g/mol. The van der Waals surface area contributed by atoms with Gasteiger partial charge in [-0.3, -0.25) is 5.32 Å². The van der Waals surface area contributed by atoms with E-state index in [-0.39, 0.29) is 17.7 Å². The van der Waals surface area contributed by atoms with Crippen molar-refractivity contribution in [1.29, 1.82) is 0 Å². The van der Waals surface area contributed by atoms with Gasteiger partial charge in [-0.2, -0.15) is 0 Å². The van der Waals surface area contributed by atoms with Crippen molar-refractivity contribution in [3.63, 3.8) is 0 Å². The highest BCUT2D eigenvalue weighted by atomic mass is 16.5. The number of para-hydroxylation sites is 1. The van der Waals surface area contributed by atoms with Gasteiger partial charge in [-0.25, -0.2) is 14.8 Å². The van der Waals surface area contributed by atoms with E-state index in [0.717, 1.165) is 42.0 Å². The predicted molar refractivity (Wildman–Crippen MR) is 94.7 cm³/mol. The fourth-order valence-electron chi connectivity index (χ4n) is 3.70. The number of hydrogen-bond acceptors (Lipinski definition) is 4. The Morgan fingerprint density at radius 1 is 1.20 bits per heavy atom. The maximum atomic E-state index is 12.5. The maximum absolute atomic E-state index is 12.5. The Hall–Kier alpha value is -2.63. The van der Waals surface area contributed by atoms with E-state index < -0.39 is 0 Å². The van der Waals surface area contributed by atoms with Crippen LogP contribution >= 0.6 is 0 Å². The van der Waals surface area contributed by atoms with Crippen molar-refractivity contribution < 1.29 is 9.53 Å². The number of urea groups is 1. The molecule has 1 aromatic heterocycles. The van der Waals surface area contributed by atoms with Gasteiger partial charge < -0.3 is 10.1 Å². The third-order valence-electron chi connectivity index (χ3n) is 4.97. The van der Waals surface area contributed by atoms with Gasteiger partial charge in [-0.15, -0.1) is 0 Å². The number of carbonyl (C=O) groups is 1. The molecule has 1 unspecified atom stereocenters. The Labute approximate surface area is 147 Å². The third-order valence-corrected chi connectivity index (χ3v) is 4.97. The normalized spacial score (nSPS) is 20.2. The van der Waals surface area contributed by atoms with Gasteiger partial charge in [0.15, 0.2) is 0 Å². The summed E-state index contributed by atoms with van der Waals surface area (Å²) >= 11 is 0. The standard InChI is InChI=1S/C19H22N4O2/c1-12-10-13(2)21-17(20-12)23-18(24)22-15-11-19(8-5-9-19)25-16-7-4-3-6-14(15)16/h3-4,6-7,10,15H,5,8-9,11H2,1-2H3,(H2,20,21,22,23,24). The van der Waals surface area contributed by atoms with Crippen LogP contribution in [-0.4, -0.2) is 21.6 Å². The van der Waals surface area contributed by atoms with Crippen LogP contribution in [0.5, 0.6) is 5.75 Å². The highest BCUT2D eigenvalue weighted by molar-refractivity contribution is 5.87. The minimum absolute atomic E-state index is 0.0730. The number of amides is 2. The molecule has 2 amide bonds. The highest BCUT2D eigenvalue weighted by Crippen LogP contribution is 2.48. The van der Waals surface area contributed by atoms with Crippen molar-refractivity contribution in [2.45, 2.75) is 51.2 Å². The van der Waals surface area contributed by atoms with Crippen LogP contribution in [0.4, 0.5) is 10.7 Å². The zero-order valence-corrected chi connectivity index (χ0v) is 14.5. The first-order chi connectivity index (χ1) is 12.0. The molecule has 0 radical (unpaired) electrons. The van der Waals surface area contributed by atoms with Crippen LogP contribution in [0.1, 0.15) is 48.7 Å². The van der Waals surface area contributed by atoms with Gasteiger partial charge in [0.25, 0.3) is 0 Å². The van der Waals surface area contributed by atoms with Crippen molar-refractivity contribution in [2.75, 3.05) is 5.32 Å². The lowest BCUT2D eigenvalue weighted by atomic mass is 9.73. The van der Waals surface area contributed by atoms with E-state index in [4.69, 9.17) is 4.74 Å². The lowest BCUT2D eigenvalue weighted by Gasteiger charge is -2.47. The summed E-state index contributed by atoms with van der Waals surface area (Å²) in [7, 11) is 0. The van der Waals surface area contributed by atoms with Gasteiger partial charge >= 0.3 is 6.03 Å². The molecule has 1 spiro atoms. The Morgan fingerprint density at radius 2 is 1.92 bits per heavy atom. The minimum atomic E-state index is -0.291. The van der Waals surface area contributed by atoms with Crippen molar-refractivity contribution in [1.82, 2.24) is 15.3 Å². The van der Waals surface area contributed by atoms with Crippen molar-refractivity contribution >= 4 is 12.0 Å². The van der Waals surface area contributed by atoms with E-state index in [1.54, 1.807) is 0 Å². The van der Waals surface area contributed by atoms with Crippen LogP contribution in [0.2, 0.25) is 0 Å². The number of aryl methyl sites for hydroxylation is 2. The van der Waals surface area contributed by atoms with Gasteiger partial charge in [-0.1, -0.05) is 18.2 Å². The number of nitrogens with zero attached hydrogens (tertiary/aromatic N) is 2. The molecule has 6 nitrogen and oxygen atoms in total. The first kappa shape index (κ1) is 15.9. The van der Waals surface area contributed by atoms with E-state index in [1.165, 1.54) is 6.42 Å². The number of anilines is 1. The van der Waals surface area contributed by atoms with Crippen LogP contribution in [0.3, 0.4) is 0 Å². The zero-order chi connectivity index (χ0) is 17.4. The Kier molecular flexibility index (Phi) is 3.82. The molecule has 4 rings (SSSR count). The molecule has 1 saturated carbocycles. The Balaban J connectivity index is 1.52. The molecular formula is C19H22N4O2. The summed E-state index contributed by atoms with van der Waals surface area (Å²) in [5.74, 6) is 1.20. The highest BCUT2D eigenvalue weighted by Gasteiger charge is 2.45. The fourth-order valence-corrected chi connectivity index (χ4v) is 3.70. The molecular weight excluding hydrogens is 316 g/mol. The number of aromatic nitrogens is 2. The quantitative estimate of drug-likeness (QED) is 0.876. The van der Waals surface area contributed by atoms with Gasteiger partial charge in [0.05, 0.1) is 6.04 Å². The lowest BCUT2D eigenvalue weighted by molar-refractivity contribution is -0.0354. The average Bonchev–Trinajstić information content (AvgIpc) is 2.52. The summed E-state index contributed by atoms with van der Waals surface area (Å²) in [6, 6.07) is 9.44. The number of fused-ring (bicyclic) bond motifs is 1. The SMILES string of the molecule is Cc1cc(C)nc(NC(=O)NC2CC3(CCC3)Oc3ccccc32)n1. The van der Waals surface area contributed by atoms with Crippen LogP contribution in [0.25, 0.3) is 0 Å². The lowest BCUT2D eigenvalue weighted by Crippen LogP contribution is -2.50. The number of rotatable bonds is 2. The van der Waals surface area contributed by atoms with Gasteiger partial charge in [-0.05, 0) is 45.2 Å². The molecule has 0 bridgehead atoms. The van der Waals surface area contributed by atoms with Crippen molar-refractivity contribution in [2.24, 2.45) is 0 Å². The molecule has 1 fully saturated rings. The molecule has 2 heterocycles.